The van der Waals surface area contributed by atoms with Crippen molar-refractivity contribution in [2.24, 2.45) is 0 Å². The van der Waals surface area contributed by atoms with Crippen LogP contribution >= 0.6 is 0 Å². The van der Waals surface area contributed by atoms with Crippen molar-refractivity contribution in [1.82, 2.24) is 4.90 Å². The Bertz CT molecular complexity index is 1140. The van der Waals surface area contributed by atoms with E-state index in [0.717, 1.165) is 15.6 Å². The van der Waals surface area contributed by atoms with Crippen LogP contribution in [0.3, 0.4) is 0 Å². The van der Waals surface area contributed by atoms with E-state index in [9.17, 15) is 13.2 Å². The van der Waals surface area contributed by atoms with Crippen LogP contribution in [0.25, 0.3) is 0 Å². The van der Waals surface area contributed by atoms with Gasteiger partial charge in [0.05, 0.1) is 24.2 Å². The summed E-state index contributed by atoms with van der Waals surface area (Å²) in [5, 5.41) is 0. The Hall–Kier alpha value is -3.26. The number of amides is 1. The van der Waals surface area contributed by atoms with Gasteiger partial charge in [-0.25, -0.2) is 8.42 Å². The van der Waals surface area contributed by atoms with E-state index in [1.165, 1.54) is 12.0 Å². The summed E-state index contributed by atoms with van der Waals surface area (Å²) in [6.45, 7) is 3.60. The van der Waals surface area contributed by atoms with E-state index < -0.39 is 10.0 Å². The predicted octanol–water partition coefficient (Wildman–Crippen LogP) is 3.76. The number of hydrogen-bond acceptors (Lipinski definition) is 5. The van der Waals surface area contributed by atoms with Crippen molar-refractivity contribution in [2.75, 3.05) is 25.0 Å². The van der Waals surface area contributed by atoms with Crippen LogP contribution in [0, 0.1) is 13.8 Å². The summed E-state index contributed by atoms with van der Waals surface area (Å²) in [7, 11) is -0.818. The first kappa shape index (κ1) is 22.4. The number of hydrogen-bond donors (Lipinski definition) is 0. The lowest BCUT2D eigenvalue weighted by atomic mass is 10.2. The Labute approximate surface area is 182 Å². The molecule has 0 atom stereocenters. The van der Waals surface area contributed by atoms with Gasteiger partial charge in [0, 0.05) is 7.05 Å². The van der Waals surface area contributed by atoms with Crippen LogP contribution in [-0.2, 0) is 21.4 Å². The zero-order valence-electron chi connectivity index (χ0n) is 18.0. The van der Waals surface area contributed by atoms with E-state index in [1.54, 1.807) is 61.6 Å². The van der Waals surface area contributed by atoms with E-state index in [1.807, 2.05) is 19.9 Å². The second-order valence-electron chi connectivity index (χ2n) is 7.28. The van der Waals surface area contributed by atoms with Crippen LogP contribution in [0.15, 0.2) is 70.0 Å². The molecule has 0 saturated heterocycles. The van der Waals surface area contributed by atoms with Crippen molar-refractivity contribution in [1.29, 1.82) is 0 Å². The molecule has 0 unspecified atom stereocenters. The fraction of sp³-hybridized carbons (Fsp3) is 0.261. The minimum atomic E-state index is -3.97. The SMILES string of the molecule is COc1ccc(N(CC(=O)N(C)Cc2ccc(C)o2)S(=O)(=O)c2ccc(C)cc2)cc1. The van der Waals surface area contributed by atoms with Crippen molar-refractivity contribution < 1.29 is 22.4 Å². The van der Waals surface area contributed by atoms with Crippen LogP contribution in [0.2, 0.25) is 0 Å². The molecular weight excluding hydrogens is 416 g/mol. The highest BCUT2D eigenvalue weighted by molar-refractivity contribution is 7.92. The zero-order valence-corrected chi connectivity index (χ0v) is 18.8. The Morgan fingerprint density at radius 3 is 2.16 bits per heavy atom. The predicted molar refractivity (Wildman–Crippen MR) is 119 cm³/mol. The Balaban J connectivity index is 1.91. The number of carbonyl (C=O) groups is 1. The van der Waals surface area contributed by atoms with Gasteiger partial charge in [-0.1, -0.05) is 17.7 Å². The highest BCUT2D eigenvalue weighted by atomic mass is 32.2. The van der Waals surface area contributed by atoms with E-state index in [2.05, 4.69) is 0 Å². The summed E-state index contributed by atoms with van der Waals surface area (Å²) in [5.74, 6) is 1.61. The van der Waals surface area contributed by atoms with E-state index in [-0.39, 0.29) is 23.9 Å². The van der Waals surface area contributed by atoms with Gasteiger partial charge in [0.2, 0.25) is 5.91 Å². The summed E-state index contributed by atoms with van der Waals surface area (Å²) in [5.41, 5.74) is 1.32. The molecule has 3 aromatic rings. The molecule has 3 rings (SSSR count). The van der Waals surface area contributed by atoms with Crippen LogP contribution in [0.1, 0.15) is 17.1 Å². The van der Waals surface area contributed by atoms with Gasteiger partial charge in [-0.05, 0) is 62.4 Å². The van der Waals surface area contributed by atoms with E-state index in [0.29, 0.717) is 17.2 Å². The highest BCUT2D eigenvalue weighted by Gasteiger charge is 2.28. The first-order valence-corrected chi connectivity index (χ1v) is 11.2. The highest BCUT2D eigenvalue weighted by Crippen LogP contribution is 2.26. The third kappa shape index (κ3) is 5.27. The van der Waals surface area contributed by atoms with Crippen molar-refractivity contribution in [3.05, 3.63) is 77.7 Å². The summed E-state index contributed by atoms with van der Waals surface area (Å²) in [6, 6.07) is 16.7. The largest absolute Gasteiger partial charge is 0.497 e. The van der Waals surface area contributed by atoms with Gasteiger partial charge < -0.3 is 14.1 Å². The average Bonchev–Trinajstić information content (AvgIpc) is 3.16. The number of ether oxygens (including phenoxy) is 1. The molecule has 8 heteroatoms. The molecule has 0 N–H and O–H groups in total. The van der Waals surface area contributed by atoms with Gasteiger partial charge in [0.25, 0.3) is 10.0 Å². The van der Waals surface area contributed by atoms with Gasteiger partial charge in [-0.15, -0.1) is 0 Å². The molecular formula is C23H26N2O5S. The maximum Gasteiger partial charge on any atom is 0.264 e. The Morgan fingerprint density at radius 1 is 0.968 bits per heavy atom. The molecule has 0 fully saturated rings. The number of furan rings is 1. The number of sulfonamides is 1. The lowest BCUT2D eigenvalue weighted by Crippen LogP contribution is -2.41. The molecule has 0 bridgehead atoms. The van der Waals surface area contributed by atoms with Crippen molar-refractivity contribution in [2.45, 2.75) is 25.3 Å². The monoisotopic (exact) mass is 442 g/mol. The fourth-order valence-corrected chi connectivity index (χ4v) is 4.45. The number of likely N-dealkylation sites (N-methyl/N-ethyl adjacent to an activating group) is 1. The second kappa shape index (κ2) is 9.26. The molecule has 0 aliphatic rings. The zero-order chi connectivity index (χ0) is 22.6. The molecule has 1 amide bonds. The van der Waals surface area contributed by atoms with Crippen LogP contribution in [0.4, 0.5) is 5.69 Å². The number of carbonyl (C=O) groups excluding carboxylic acids is 1. The molecule has 0 spiro atoms. The molecule has 0 saturated carbocycles. The van der Waals surface area contributed by atoms with Gasteiger partial charge in [-0.2, -0.15) is 0 Å². The summed E-state index contributed by atoms with van der Waals surface area (Å²) in [4.78, 5) is 14.5. The minimum absolute atomic E-state index is 0.117. The van der Waals surface area contributed by atoms with E-state index >= 15 is 0 Å². The van der Waals surface area contributed by atoms with Gasteiger partial charge in [0.15, 0.2) is 0 Å². The quantitative estimate of drug-likeness (QED) is 0.531. The minimum Gasteiger partial charge on any atom is -0.497 e. The number of benzene rings is 2. The molecule has 0 aliphatic heterocycles. The Kier molecular flexibility index (Phi) is 6.70. The van der Waals surface area contributed by atoms with Crippen molar-refractivity contribution in [3.63, 3.8) is 0 Å². The molecule has 1 heterocycles. The molecule has 164 valence electrons. The number of nitrogens with zero attached hydrogens (tertiary/aromatic N) is 2. The summed E-state index contributed by atoms with van der Waals surface area (Å²) in [6.07, 6.45) is 0. The summed E-state index contributed by atoms with van der Waals surface area (Å²) >= 11 is 0. The molecule has 0 radical (unpaired) electrons. The normalized spacial score (nSPS) is 11.2. The molecule has 0 aliphatic carbocycles. The first-order chi connectivity index (χ1) is 14.7. The standard InChI is InChI=1S/C23H26N2O5S/c1-17-5-13-22(14-6-17)31(27,28)25(19-8-11-20(29-4)12-9-19)16-23(26)24(3)15-21-10-7-18(2)30-21/h5-14H,15-16H2,1-4H3. The third-order valence-corrected chi connectivity index (χ3v) is 6.65. The van der Waals surface area contributed by atoms with Gasteiger partial charge >= 0.3 is 0 Å². The van der Waals surface area contributed by atoms with Crippen LogP contribution in [-0.4, -0.2) is 39.9 Å². The number of aryl methyl sites for hydroxylation is 2. The lowest BCUT2D eigenvalue weighted by molar-refractivity contribution is -0.129. The van der Waals surface area contributed by atoms with Gasteiger partial charge in [0.1, 0.15) is 23.8 Å². The van der Waals surface area contributed by atoms with Crippen LogP contribution < -0.4 is 9.04 Å². The van der Waals surface area contributed by atoms with Gasteiger partial charge in [-0.3, -0.25) is 9.10 Å². The molecule has 1 aromatic heterocycles. The number of anilines is 1. The molecule has 2 aromatic carbocycles. The average molecular weight is 443 g/mol. The molecule has 7 nitrogen and oxygen atoms in total. The smallest absolute Gasteiger partial charge is 0.264 e. The van der Waals surface area contributed by atoms with Crippen molar-refractivity contribution >= 4 is 21.6 Å². The Morgan fingerprint density at radius 2 is 1.61 bits per heavy atom. The lowest BCUT2D eigenvalue weighted by Gasteiger charge is -2.26. The fourth-order valence-electron chi connectivity index (χ4n) is 3.04. The first-order valence-electron chi connectivity index (χ1n) is 9.73. The topological polar surface area (TPSA) is 80.1 Å². The van der Waals surface area contributed by atoms with E-state index in [4.69, 9.17) is 9.15 Å². The maximum atomic E-state index is 13.4. The third-order valence-electron chi connectivity index (χ3n) is 4.86. The molecule has 31 heavy (non-hydrogen) atoms. The maximum absolute atomic E-state index is 13.4. The summed E-state index contributed by atoms with van der Waals surface area (Å²) < 4.78 is 38.7. The van der Waals surface area contributed by atoms with Crippen molar-refractivity contribution in [3.8, 4) is 5.75 Å². The van der Waals surface area contributed by atoms with Crippen LogP contribution in [0.5, 0.6) is 5.75 Å². The second-order valence-corrected chi connectivity index (χ2v) is 9.15. The number of methoxy groups -OCH3 is 1. The number of rotatable bonds is 8.